The normalized spacial score (nSPS) is 13.1. The van der Waals surface area contributed by atoms with Crippen molar-refractivity contribution in [1.82, 2.24) is 4.72 Å². The van der Waals surface area contributed by atoms with Crippen LogP contribution < -0.4 is 4.72 Å². The molecule has 0 saturated heterocycles. The minimum absolute atomic E-state index is 0.125. The van der Waals surface area contributed by atoms with E-state index in [1.54, 1.807) is 6.92 Å². The average Bonchev–Trinajstić information content (AvgIpc) is 2.40. The Morgan fingerprint density at radius 2 is 2.10 bits per heavy atom. The van der Waals surface area contributed by atoms with Gasteiger partial charge in [-0.05, 0) is 31.4 Å². The first-order chi connectivity index (χ1) is 9.72. The van der Waals surface area contributed by atoms with Crippen LogP contribution in [0, 0.1) is 22.9 Å². The minimum atomic E-state index is -4.02. The fraction of sp³-hybridized carbons (Fsp3) is 0.500. The molecule has 21 heavy (non-hydrogen) atoms. The van der Waals surface area contributed by atoms with E-state index < -0.39 is 32.5 Å². The number of aliphatic hydroxyl groups is 1. The lowest BCUT2D eigenvalue weighted by Crippen LogP contribution is -2.35. The van der Waals surface area contributed by atoms with Gasteiger partial charge in [0.15, 0.2) is 0 Å². The van der Waals surface area contributed by atoms with E-state index >= 15 is 0 Å². The molecule has 0 aliphatic carbocycles. The Balaban J connectivity index is 3.23. The van der Waals surface area contributed by atoms with Crippen molar-refractivity contribution in [2.75, 3.05) is 6.61 Å². The lowest BCUT2D eigenvalue weighted by atomic mass is 10.2. The van der Waals surface area contributed by atoms with Gasteiger partial charge in [-0.1, -0.05) is 6.92 Å². The number of nitrogens with one attached hydrogen (secondary N) is 1. The molecule has 0 amide bonds. The molecular weight excluding hydrogens is 303 g/mol. The van der Waals surface area contributed by atoms with Crippen LogP contribution in [0.1, 0.15) is 25.3 Å². The molecule has 0 saturated carbocycles. The van der Waals surface area contributed by atoms with Gasteiger partial charge in [-0.3, -0.25) is 10.1 Å². The number of hydrogen-bond acceptors (Lipinski definition) is 5. The molecule has 0 aliphatic heterocycles. The van der Waals surface area contributed by atoms with E-state index in [0.717, 1.165) is 6.07 Å². The predicted octanol–water partition coefficient (Wildman–Crippen LogP) is 1.48. The van der Waals surface area contributed by atoms with Gasteiger partial charge in [0.2, 0.25) is 15.8 Å². The summed E-state index contributed by atoms with van der Waals surface area (Å²) in [6.07, 6.45) is 0.667. The van der Waals surface area contributed by atoms with Crippen LogP contribution in [-0.2, 0) is 10.0 Å². The summed E-state index contributed by atoms with van der Waals surface area (Å²) in [5.41, 5.74) is -1.01. The van der Waals surface area contributed by atoms with Crippen LogP contribution in [-0.4, -0.2) is 31.1 Å². The second-order valence-electron chi connectivity index (χ2n) is 4.57. The van der Waals surface area contributed by atoms with Crippen molar-refractivity contribution >= 4 is 15.7 Å². The van der Waals surface area contributed by atoms with E-state index in [2.05, 4.69) is 4.72 Å². The molecule has 0 aromatic heterocycles. The highest BCUT2D eigenvalue weighted by Gasteiger charge is 2.25. The number of nitro benzene ring substituents is 1. The number of aliphatic hydroxyl groups excluding tert-OH is 1. The molecule has 0 bridgehead atoms. The fourth-order valence-electron chi connectivity index (χ4n) is 1.80. The van der Waals surface area contributed by atoms with Crippen LogP contribution >= 0.6 is 0 Å². The highest BCUT2D eigenvalue weighted by atomic mass is 32.2. The molecule has 7 nitrogen and oxygen atoms in total. The first-order valence-electron chi connectivity index (χ1n) is 6.30. The molecule has 9 heteroatoms. The SMILES string of the molecule is CCC(CCO)NS(=O)(=O)c1cc(C)c(F)c([N+](=O)[O-])c1. The molecule has 0 spiro atoms. The predicted molar refractivity (Wildman–Crippen MR) is 73.9 cm³/mol. The molecule has 1 aromatic carbocycles. The Morgan fingerprint density at radius 3 is 2.57 bits per heavy atom. The maximum atomic E-state index is 13.6. The zero-order valence-corrected chi connectivity index (χ0v) is 12.5. The second-order valence-corrected chi connectivity index (χ2v) is 6.28. The third-order valence-corrected chi connectivity index (χ3v) is 4.51. The van der Waals surface area contributed by atoms with Crippen LogP contribution in [0.4, 0.5) is 10.1 Å². The highest BCUT2D eigenvalue weighted by Crippen LogP contribution is 2.25. The number of nitrogens with zero attached hydrogens (tertiary/aromatic N) is 1. The number of sulfonamides is 1. The molecule has 0 radical (unpaired) electrons. The Labute approximate surface area is 122 Å². The van der Waals surface area contributed by atoms with Gasteiger partial charge >= 0.3 is 5.69 Å². The smallest absolute Gasteiger partial charge is 0.306 e. The van der Waals surface area contributed by atoms with Gasteiger partial charge in [-0.2, -0.15) is 4.39 Å². The Kier molecular flexibility index (Phi) is 5.76. The lowest BCUT2D eigenvalue weighted by molar-refractivity contribution is -0.387. The van der Waals surface area contributed by atoms with Crippen LogP contribution in [0.25, 0.3) is 0 Å². The Bertz CT molecular complexity index is 633. The van der Waals surface area contributed by atoms with Crippen molar-refractivity contribution in [3.63, 3.8) is 0 Å². The zero-order valence-electron chi connectivity index (χ0n) is 11.7. The quantitative estimate of drug-likeness (QED) is 0.584. The number of hydrogen-bond donors (Lipinski definition) is 2. The molecule has 1 aromatic rings. The Morgan fingerprint density at radius 1 is 1.48 bits per heavy atom. The summed E-state index contributed by atoms with van der Waals surface area (Å²) in [6, 6.07) is 1.23. The maximum Gasteiger partial charge on any atom is 0.306 e. The summed E-state index contributed by atoms with van der Waals surface area (Å²) in [7, 11) is -4.02. The molecule has 1 rings (SSSR count). The summed E-state index contributed by atoms with van der Waals surface area (Å²) >= 11 is 0. The number of rotatable bonds is 7. The molecular formula is C12H17FN2O5S. The molecule has 2 N–H and O–H groups in total. The summed E-state index contributed by atoms with van der Waals surface area (Å²) in [5, 5.41) is 19.6. The summed E-state index contributed by atoms with van der Waals surface area (Å²) < 4.78 is 40.3. The second kappa shape index (κ2) is 6.92. The van der Waals surface area contributed by atoms with Gasteiger partial charge in [-0.15, -0.1) is 0 Å². The summed E-state index contributed by atoms with van der Waals surface area (Å²) in [6.45, 7) is 2.80. The third kappa shape index (κ3) is 4.19. The topological polar surface area (TPSA) is 110 Å². The van der Waals surface area contributed by atoms with E-state index in [1.807, 2.05) is 0 Å². The van der Waals surface area contributed by atoms with Crippen molar-refractivity contribution in [1.29, 1.82) is 0 Å². The van der Waals surface area contributed by atoms with E-state index in [1.165, 1.54) is 6.92 Å². The van der Waals surface area contributed by atoms with Crippen molar-refractivity contribution < 1.29 is 22.8 Å². The van der Waals surface area contributed by atoms with Crippen LogP contribution in [0.15, 0.2) is 17.0 Å². The molecule has 0 heterocycles. The van der Waals surface area contributed by atoms with Crippen LogP contribution in [0.5, 0.6) is 0 Å². The average molecular weight is 320 g/mol. The zero-order chi connectivity index (χ0) is 16.2. The van der Waals surface area contributed by atoms with Gasteiger partial charge in [0.25, 0.3) is 0 Å². The molecule has 118 valence electrons. The largest absolute Gasteiger partial charge is 0.396 e. The number of halogens is 1. The van der Waals surface area contributed by atoms with Crippen LogP contribution in [0.3, 0.4) is 0 Å². The van der Waals surface area contributed by atoms with Gasteiger partial charge < -0.3 is 5.11 Å². The fourth-order valence-corrected chi connectivity index (χ4v) is 3.25. The van der Waals surface area contributed by atoms with E-state index in [4.69, 9.17) is 5.11 Å². The van der Waals surface area contributed by atoms with E-state index in [-0.39, 0.29) is 23.5 Å². The Hall–Kier alpha value is -1.58. The first kappa shape index (κ1) is 17.5. The summed E-state index contributed by atoms with van der Waals surface area (Å²) in [4.78, 5) is 9.41. The number of nitro groups is 1. The number of aryl methyl sites for hydroxylation is 1. The summed E-state index contributed by atoms with van der Waals surface area (Å²) in [5.74, 6) is -1.05. The van der Waals surface area contributed by atoms with E-state index in [9.17, 15) is 22.9 Å². The van der Waals surface area contributed by atoms with Crippen molar-refractivity contribution in [2.45, 2.75) is 37.6 Å². The van der Waals surface area contributed by atoms with Gasteiger partial charge in [0, 0.05) is 18.7 Å². The molecule has 1 atom stereocenters. The van der Waals surface area contributed by atoms with Gasteiger partial charge in [0.1, 0.15) is 0 Å². The van der Waals surface area contributed by atoms with Crippen molar-refractivity contribution in [2.24, 2.45) is 0 Å². The lowest BCUT2D eigenvalue weighted by Gasteiger charge is -2.16. The van der Waals surface area contributed by atoms with Gasteiger partial charge in [0.05, 0.1) is 9.82 Å². The van der Waals surface area contributed by atoms with Gasteiger partial charge in [-0.25, -0.2) is 13.1 Å². The third-order valence-electron chi connectivity index (χ3n) is 3.01. The van der Waals surface area contributed by atoms with E-state index in [0.29, 0.717) is 12.5 Å². The highest BCUT2D eigenvalue weighted by molar-refractivity contribution is 7.89. The maximum absolute atomic E-state index is 13.6. The van der Waals surface area contributed by atoms with Crippen LogP contribution in [0.2, 0.25) is 0 Å². The monoisotopic (exact) mass is 320 g/mol. The molecule has 1 unspecified atom stereocenters. The van der Waals surface area contributed by atoms with Crippen molar-refractivity contribution in [3.8, 4) is 0 Å². The van der Waals surface area contributed by atoms with Crippen molar-refractivity contribution in [3.05, 3.63) is 33.6 Å². The first-order valence-corrected chi connectivity index (χ1v) is 7.79. The number of benzene rings is 1. The molecule has 0 aliphatic rings. The standard InChI is InChI=1S/C12H17FN2O5S/c1-3-9(4-5-16)14-21(19,20)10-6-8(2)12(13)11(7-10)15(17)18/h6-7,9,14,16H,3-5H2,1-2H3. The minimum Gasteiger partial charge on any atom is -0.396 e. The molecule has 0 fully saturated rings.